The number of carbonyl (C=O) groups is 1. The van der Waals surface area contributed by atoms with Crippen molar-refractivity contribution in [2.24, 2.45) is 5.84 Å². The first-order valence-corrected chi connectivity index (χ1v) is 7.16. The van der Waals surface area contributed by atoms with Crippen LogP contribution in [-0.2, 0) is 5.75 Å². The van der Waals surface area contributed by atoms with Crippen LogP contribution in [0.25, 0.3) is 0 Å². The Balaban J connectivity index is 2.14. The summed E-state index contributed by atoms with van der Waals surface area (Å²) in [6.07, 6.45) is 0. The summed E-state index contributed by atoms with van der Waals surface area (Å²) in [7, 11) is 0. The lowest BCUT2D eigenvalue weighted by Crippen LogP contribution is -2.30. The number of hydrazine groups is 1. The highest BCUT2D eigenvalue weighted by Gasteiger charge is 2.15. The van der Waals surface area contributed by atoms with Gasteiger partial charge in [0.2, 0.25) is 0 Å². The average molecular weight is 312 g/mol. The van der Waals surface area contributed by atoms with Gasteiger partial charge in [-0.2, -0.15) is 0 Å². The van der Waals surface area contributed by atoms with Crippen molar-refractivity contribution in [3.63, 3.8) is 0 Å². The number of thioether (sulfide) groups is 1. The van der Waals surface area contributed by atoms with E-state index in [1.807, 2.05) is 5.43 Å². The van der Waals surface area contributed by atoms with E-state index in [0.717, 1.165) is 10.5 Å². The van der Waals surface area contributed by atoms with Crippen LogP contribution in [-0.4, -0.2) is 5.91 Å². The second-order valence-electron chi connectivity index (χ2n) is 4.15. The van der Waals surface area contributed by atoms with Crippen LogP contribution in [0.1, 0.15) is 21.9 Å². The minimum Gasteiger partial charge on any atom is -0.455 e. The first kappa shape index (κ1) is 14.8. The molecule has 0 radical (unpaired) electrons. The second kappa shape index (κ2) is 6.21. The number of halogens is 1. The van der Waals surface area contributed by atoms with Crippen LogP contribution in [0.15, 0.2) is 33.6 Å². The first-order chi connectivity index (χ1) is 9.52. The number of aryl methyl sites for hydroxylation is 1. The number of furan rings is 1. The van der Waals surface area contributed by atoms with Crippen LogP contribution in [0.5, 0.6) is 0 Å². The molecule has 0 aliphatic heterocycles. The molecule has 2 aromatic rings. The van der Waals surface area contributed by atoms with Crippen molar-refractivity contribution in [2.45, 2.75) is 17.6 Å². The van der Waals surface area contributed by atoms with Gasteiger partial charge in [0.25, 0.3) is 0 Å². The van der Waals surface area contributed by atoms with Crippen LogP contribution in [0.4, 0.5) is 5.69 Å². The van der Waals surface area contributed by atoms with E-state index in [1.165, 1.54) is 11.8 Å². The molecule has 0 unspecified atom stereocenters. The van der Waals surface area contributed by atoms with Crippen LogP contribution >= 0.6 is 23.4 Å². The Bertz CT molecular complexity index is 622. The van der Waals surface area contributed by atoms with Gasteiger partial charge in [-0.25, -0.2) is 5.84 Å². The van der Waals surface area contributed by atoms with Crippen molar-refractivity contribution >= 4 is 35.0 Å². The molecule has 1 heterocycles. The van der Waals surface area contributed by atoms with Gasteiger partial charge in [0.05, 0.1) is 10.8 Å². The molecule has 5 N–H and O–H groups in total. The second-order valence-corrected chi connectivity index (χ2v) is 5.54. The third-order valence-electron chi connectivity index (χ3n) is 2.66. The SMILES string of the molecule is Cc1cc(CSc2c(N)cccc2Cl)oc1C(=O)NN. The molecule has 2 rings (SSSR count). The van der Waals surface area contributed by atoms with Gasteiger partial charge in [-0.05, 0) is 25.1 Å². The minimum atomic E-state index is -0.448. The largest absolute Gasteiger partial charge is 0.455 e. The predicted octanol–water partition coefficient (Wildman–Crippen LogP) is 2.72. The standard InChI is InChI=1S/C13H14ClN3O2S/c1-7-5-8(19-11(7)13(18)17-16)6-20-12-9(14)3-2-4-10(12)15/h2-5H,6,15-16H2,1H3,(H,17,18). The summed E-state index contributed by atoms with van der Waals surface area (Å²) in [4.78, 5) is 12.3. The van der Waals surface area contributed by atoms with E-state index >= 15 is 0 Å². The van der Waals surface area contributed by atoms with Crippen molar-refractivity contribution in [2.75, 3.05) is 5.73 Å². The third kappa shape index (κ3) is 3.09. The zero-order valence-electron chi connectivity index (χ0n) is 10.8. The Labute approximate surface area is 125 Å². The molecule has 0 atom stereocenters. The maximum absolute atomic E-state index is 11.5. The highest BCUT2D eigenvalue weighted by molar-refractivity contribution is 7.98. The molecule has 0 fully saturated rings. The van der Waals surface area contributed by atoms with Gasteiger partial charge in [0.1, 0.15) is 5.76 Å². The number of hydrogen-bond acceptors (Lipinski definition) is 5. The highest BCUT2D eigenvalue weighted by Crippen LogP contribution is 2.35. The molecule has 1 amide bonds. The zero-order chi connectivity index (χ0) is 14.7. The number of benzene rings is 1. The molecule has 0 aliphatic rings. The molecule has 1 aromatic heterocycles. The van der Waals surface area contributed by atoms with Crippen molar-refractivity contribution in [1.29, 1.82) is 0 Å². The quantitative estimate of drug-likeness (QED) is 0.265. The van der Waals surface area contributed by atoms with Crippen LogP contribution in [0, 0.1) is 6.92 Å². The number of amides is 1. The maximum Gasteiger partial charge on any atom is 0.301 e. The van der Waals surface area contributed by atoms with Gasteiger partial charge < -0.3 is 10.2 Å². The molecule has 20 heavy (non-hydrogen) atoms. The van der Waals surface area contributed by atoms with Gasteiger partial charge in [0, 0.05) is 16.1 Å². The Morgan fingerprint density at radius 2 is 2.25 bits per heavy atom. The van der Waals surface area contributed by atoms with Gasteiger partial charge in [-0.15, -0.1) is 11.8 Å². The van der Waals surface area contributed by atoms with E-state index < -0.39 is 5.91 Å². The number of nitrogens with two attached hydrogens (primary N) is 2. The van der Waals surface area contributed by atoms with Crippen molar-refractivity contribution in [3.8, 4) is 0 Å². The summed E-state index contributed by atoms with van der Waals surface area (Å²) in [6.45, 7) is 1.78. The zero-order valence-corrected chi connectivity index (χ0v) is 12.3. The molecule has 7 heteroatoms. The fourth-order valence-corrected chi connectivity index (χ4v) is 2.95. The Hall–Kier alpha value is -1.63. The summed E-state index contributed by atoms with van der Waals surface area (Å²) in [5, 5.41) is 0.596. The Morgan fingerprint density at radius 3 is 2.90 bits per heavy atom. The van der Waals surface area contributed by atoms with Crippen molar-refractivity contribution < 1.29 is 9.21 Å². The summed E-state index contributed by atoms with van der Waals surface area (Å²) in [5.74, 6) is 6.04. The first-order valence-electron chi connectivity index (χ1n) is 5.80. The molecule has 0 saturated heterocycles. The summed E-state index contributed by atoms with van der Waals surface area (Å²) >= 11 is 7.55. The van der Waals surface area contributed by atoms with E-state index in [0.29, 0.717) is 22.2 Å². The monoisotopic (exact) mass is 311 g/mol. The molecule has 0 spiro atoms. The molecule has 5 nitrogen and oxygen atoms in total. The lowest BCUT2D eigenvalue weighted by Gasteiger charge is -2.06. The fourth-order valence-electron chi connectivity index (χ4n) is 1.73. The van der Waals surface area contributed by atoms with Crippen molar-refractivity contribution in [1.82, 2.24) is 5.43 Å². The maximum atomic E-state index is 11.5. The van der Waals surface area contributed by atoms with E-state index in [1.54, 1.807) is 31.2 Å². The highest BCUT2D eigenvalue weighted by atomic mass is 35.5. The van der Waals surface area contributed by atoms with Crippen LogP contribution in [0.2, 0.25) is 5.02 Å². The molecular formula is C13H14ClN3O2S. The minimum absolute atomic E-state index is 0.218. The van der Waals surface area contributed by atoms with Crippen LogP contribution in [0.3, 0.4) is 0 Å². The molecule has 1 aromatic carbocycles. The number of rotatable bonds is 4. The Morgan fingerprint density at radius 1 is 1.50 bits per heavy atom. The molecule has 106 valence electrons. The number of nitrogen functional groups attached to an aromatic ring is 2. The number of carbonyl (C=O) groups excluding carboxylic acids is 1. The van der Waals surface area contributed by atoms with E-state index in [2.05, 4.69) is 0 Å². The summed E-state index contributed by atoms with van der Waals surface area (Å²) < 4.78 is 5.47. The van der Waals surface area contributed by atoms with Gasteiger partial charge in [-0.3, -0.25) is 10.2 Å². The smallest absolute Gasteiger partial charge is 0.301 e. The van der Waals surface area contributed by atoms with E-state index in [4.69, 9.17) is 27.6 Å². The summed E-state index contributed by atoms with van der Waals surface area (Å²) in [6, 6.07) is 7.16. The van der Waals surface area contributed by atoms with E-state index in [-0.39, 0.29) is 5.76 Å². The van der Waals surface area contributed by atoms with E-state index in [9.17, 15) is 4.79 Å². The Kier molecular flexibility index (Phi) is 4.59. The number of anilines is 1. The topological polar surface area (TPSA) is 94.3 Å². The number of hydrogen-bond donors (Lipinski definition) is 3. The van der Waals surface area contributed by atoms with Gasteiger partial charge in [-0.1, -0.05) is 17.7 Å². The lowest BCUT2D eigenvalue weighted by atomic mass is 10.2. The number of nitrogens with one attached hydrogen (secondary N) is 1. The molecule has 0 bridgehead atoms. The summed E-state index contributed by atoms with van der Waals surface area (Å²) in [5.41, 5.74) is 9.27. The lowest BCUT2D eigenvalue weighted by molar-refractivity contribution is 0.0923. The molecular weight excluding hydrogens is 298 g/mol. The average Bonchev–Trinajstić information content (AvgIpc) is 2.78. The van der Waals surface area contributed by atoms with Gasteiger partial charge in [0.15, 0.2) is 5.76 Å². The van der Waals surface area contributed by atoms with Crippen molar-refractivity contribution in [3.05, 3.63) is 46.4 Å². The van der Waals surface area contributed by atoms with Crippen LogP contribution < -0.4 is 17.0 Å². The van der Waals surface area contributed by atoms with Gasteiger partial charge >= 0.3 is 5.91 Å². The third-order valence-corrected chi connectivity index (χ3v) is 4.26. The molecule has 0 saturated carbocycles. The normalized spacial score (nSPS) is 10.6. The predicted molar refractivity (Wildman–Crippen MR) is 80.5 cm³/mol. The fraction of sp³-hybridized carbons (Fsp3) is 0.154. The molecule has 0 aliphatic carbocycles.